The summed E-state index contributed by atoms with van der Waals surface area (Å²) in [6.07, 6.45) is 3.18. The molecule has 0 fully saturated rings. The van der Waals surface area contributed by atoms with Crippen molar-refractivity contribution in [2.75, 3.05) is 13.2 Å². The van der Waals surface area contributed by atoms with Gasteiger partial charge in [-0.15, -0.1) is 0 Å². The fraction of sp³-hybridized carbons (Fsp3) is 1.00. The van der Waals surface area contributed by atoms with Crippen LogP contribution in [0.2, 0.25) is 0 Å². The predicted octanol–water partition coefficient (Wildman–Crippen LogP) is 2.21. The van der Waals surface area contributed by atoms with Crippen molar-refractivity contribution in [1.29, 1.82) is 0 Å². The summed E-state index contributed by atoms with van der Waals surface area (Å²) < 4.78 is 5.62. The largest absolute Gasteiger partial charge is 0.396 e. The van der Waals surface area contributed by atoms with Crippen LogP contribution in [0.4, 0.5) is 0 Å². The highest BCUT2D eigenvalue weighted by atomic mass is 16.5. The molecule has 0 aliphatic rings. The summed E-state index contributed by atoms with van der Waals surface area (Å²) in [7, 11) is 0. The first-order valence-electron chi connectivity index (χ1n) is 4.97. The monoisotopic (exact) mass is 174 g/mol. The zero-order valence-electron chi connectivity index (χ0n) is 8.55. The van der Waals surface area contributed by atoms with Crippen LogP contribution in [-0.2, 0) is 4.74 Å². The highest BCUT2D eigenvalue weighted by Gasteiger charge is 2.07. The van der Waals surface area contributed by atoms with Crippen LogP contribution < -0.4 is 0 Å². The fourth-order valence-corrected chi connectivity index (χ4v) is 0.968. The van der Waals surface area contributed by atoms with Crippen LogP contribution in [0.3, 0.4) is 0 Å². The van der Waals surface area contributed by atoms with Crippen molar-refractivity contribution in [1.82, 2.24) is 0 Å². The van der Waals surface area contributed by atoms with Crippen molar-refractivity contribution in [2.45, 2.75) is 46.1 Å². The Morgan fingerprint density at radius 2 is 1.92 bits per heavy atom. The smallest absolute Gasteiger partial charge is 0.0594 e. The first-order valence-corrected chi connectivity index (χ1v) is 4.97. The lowest BCUT2D eigenvalue weighted by Crippen LogP contribution is -2.17. The van der Waals surface area contributed by atoms with Crippen molar-refractivity contribution < 1.29 is 9.84 Å². The average Bonchev–Trinajstić information content (AvgIpc) is 2.11. The molecule has 2 unspecified atom stereocenters. The van der Waals surface area contributed by atoms with Gasteiger partial charge >= 0.3 is 0 Å². The van der Waals surface area contributed by atoms with Crippen LogP contribution >= 0.6 is 0 Å². The van der Waals surface area contributed by atoms with Gasteiger partial charge in [-0.05, 0) is 18.8 Å². The average molecular weight is 174 g/mol. The van der Waals surface area contributed by atoms with E-state index in [-0.39, 0.29) is 12.7 Å². The van der Waals surface area contributed by atoms with Gasteiger partial charge in [-0.25, -0.2) is 0 Å². The molecule has 0 aromatic rings. The van der Waals surface area contributed by atoms with E-state index in [4.69, 9.17) is 9.84 Å². The Balaban J connectivity index is 3.43. The lowest BCUT2D eigenvalue weighted by Gasteiger charge is -2.17. The SMILES string of the molecule is CCC(C)COC(CC)CCO. The zero-order chi connectivity index (χ0) is 9.40. The minimum Gasteiger partial charge on any atom is -0.396 e. The minimum absolute atomic E-state index is 0.235. The normalized spacial score (nSPS) is 16.0. The lowest BCUT2D eigenvalue weighted by atomic mass is 10.1. The molecule has 1 N–H and O–H groups in total. The molecule has 0 radical (unpaired) electrons. The first kappa shape index (κ1) is 11.9. The molecule has 0 aromatic heterocycles. The Morgan fingerprint density at radius 3 is 2.33 bits per heavy atom. The lowest BCUT2D eigenvalue weighted by molar-refractivity contribution is 0.0152. The van der Waals surface area contributed by atoms with Crippen LogP contribution in [0.5, 0.6) is 0 Å². The van der Waals surface area contributed by atoms with E-state index in [1.54, 1.807) is 0 Å². The molecule has 0 spiro atoms. The van der Waals surface area contributed by atoms with E-state index < -0.39 is 0 Å². The van der Waals surface area contributed by atoms with Crippen molar-refractivity contribution in [2.24, 2.45) is 5.92 Å². The molecule has 0 rings (SSSR count). The molecule has 0 heterocycles. The number of ether oxygens (including phenoxy) is 1. The summed E-state index contributed by atoms with van der Waals surface area (Å²) >= 11 is 0. The number of rotatable bonds is 7. The minimum atomic E-state index is 0.235. The van der Waals surface area contributed by atoms with Gasteiger partial charge in [0.1, 0.15) is 0 Å². The fourth-order valence-electron chi connectivity index (χ4n) is 0.968. The highest BCUT2D eigenvalue weighted by molar-refractivity contribution is 4.56. The van der Waals surface area contributed by atoms with Gasteiger partial charge in [-0.1, -0.05) is 27.2 Å². The third kappa shape index (κ3) is 5.56. The Kier molecular flexibility index (Phi) is 7.51. The standard InChI is InChI=1S/C10H22O2/c1-4-9(3)8-12-10(5-2)6-7-11/h9-11H,4-8H2,1-3H3. The molecule has 0 aromatic carbocycles. The first-order chi connectivity index (χ1) is 5.74. The van der Waals surface area contributed by atoms with Crippen LogP contribution in [0.15, 0.2) is 0 Å². The molecule has 0 amide bonds. The van der Waals surface area contributed by atoms with E-state index in [0.717, 1.165) is 25.9 Å². The second-order valence-electron chi connectivity index (χ2n) is 3.39. The molecule has 2 atom stereocenters. The van der Waals surface area contributed by atoms with E-state index in [1.165, 1.54) is 0 Å². The molecule has 0 bridgehead atoms. The third-order valence-electron chi connectivity index (χ3n) is 2.22. The highest BCUT2D eigenvalue weighted by Crippen LogP contribution is 2.07. The van der Waals surface area contributed by atoms with E-state index >= 15 is 0 Å². The molecule has 0 saturated carbocycles. The third-order valence-corrected chi connectivity index (χ3v) is 2.22. The summed E-state index contributed by atoms with van der Waals surface area (Å²) in [5.74, 6) is 0.637. The summed E-state index contributed by atoms with van der Waals surface area (Å²) in [5.41, 5.74) is 0. The van der Waals surface area contributed by atoms with Gasteiger partial charge in [-0.2, -0.15) is 0 Å². The van der Waals surface area contributed by atoms with E-state index in [9.17, 15) is 0 Å². The number of aliphatic hydroxyl groups excluding tert-OH is 1. The second-order valence-corrected chi connectivity index (χ2v) is 3.39. The van der Waals surface area contributed by atoms with Crippen LogP contribution in [-0.4, -0.2) is 24.4 Å². The van der Waals surface area contributed by atoms with E-state index in [2.05, 4.69) is 20.8 Å². The molecular weight excluding hydrogens is 152 g/mol. The molecular formula is C10H22O2. The van der Waals surface area contributed by atoms with Gasteiger partial charge in [-0.3, -0.25) is 0 Å². The number of aliphatic hydroxyl groups is 1. The maximum atomic E-state index is 8.71. The molecule has 12 heavy (non-hydrogen) atoms. The second kappa shape index (κ2) is 7.56. The maximum absolute atomic E-state index is 8.71. The quantitative estimate of drug-likeness (QED) is 0.641. The van der Waals surface area contributed by atoms with Gasteiger partial charge in [0, 0.05) is 13.2 Å². The Bertz CT molecular complexity index is 93.8. The van der Waals surface area contributed by atoms with Crippen molar-refractivity contribution in [3.8, 4) is 0 Å². The van der Waals surface area contributed by atoms with Crippen molar-refractivity contribution >= 4 is 0 Å². The zero-order valence-corrected chi connectivity index (χ0v) is 8.55. The van der Waals surface area contributed by atoms with Gasteiger partial charge in [0.05, 0.1) is 6.10 Å². The maximum Gasteiger partial charge on any atom is 0.0594 e. The number of hydrogen-bond donors (Lipinski definition) is 1. The molecule has 0 saturated heterocycles. The summed E-state index contributed by atoms with van der Waals surface area (Å²) in [6.45, 7) is 7.51. The van der Waals surface area contributed by atoms with E-state index in [1.807, 2.05) is 0 Å². The van der Waals surface area contributed by atoms with Gasteiger partial charge in [0.2, 0.25) is 0 Å². The molecule has 0 aliphatic heterocycles. The molecule has 74 valence electrons. The Morgan fingerprint density at radius 1 is 1.25 bits per heavy atom. The molecule has 0 aliphatic carbocycles. The van der Waals surface area contributed by atoms with Crippen LogP contribution in [0.25, 0.3) is 0 Å². The van der Waals surface area contributed by atoms with Gasteiger partial charge in [0.25, 0.3) is 0 Å². The van der Waals surface area contributed by atoms with Crippen molar-refractivity contribution in [3.63, 3.8) is 0 Å². The summed E-state index contributed by atoms with van der Waals surface area (Å²) in [6, 6.07) is 0. The molecule has 2 nitrogen and oxygen atoms in total. The number of hydrogen-bond acceptors (Lipinski definition) is 2. The Labute approximate surface area is 75.9 Å². The van der Waals surface area contributed by atoms with Gasteiger partial charge in [0.15, 0.2) is 0 Å². The van der Waals surface area contributed by atoms with Crippen LogP contribution in [0.1, 0.15) is 40.0 Å². The van der Waals surface area contributed by atoms with Crippen molar-refractivity contribution in [3.05, 3.63) is 0 Å². The van der Waals surface area contributed by atoms with Gasteiger partial charge < -0.3 is 9.84 Å². The summed E-state index contributed by atoms with van der Waals surface area (Å²) in [4.78, 5) is 0. The van der Waals surface area contributed by atoms with Crippen LogP contribution in [0, 0.1) is 5.92 Å². The predicted molar refractivity (Wildman–Crippen MR) is 51.2 cm³/mol. The Hall–Kier alpha value is -0.0800. The summed E-state index contributed by atoms with van der Waals surface area (Å²) in [5, 5.41) is 8.71. The molecule has 2 heteroatoms. The topological polar surface area (TPSA) is 29.5 Å². The van der Waals surface area contributed by atoms with E-state index in [0.29, 0.717) is 5.92 Å².